The monoisotopic (exact) mass is 318 g/mol. The molecule has 1 unspecified atom stereocenters. The number of thioether (sulfide) groups is 1. The molecule has 120 valence electrons. The zero-order valence-electron chi connectivity index (χ0n) is 13.8. The molecule has 0 fully saturated rings. The van der Waals surface area contributed by atoms with E-state index in [1.807, 2.05) is 19.9 Å². The summed E-state index contributed by atoms with van der Waals surface area (Å²) in [7, 11) is 1.75. The molecule has 1 aliphatic rings. The Morgan fingerprint density at radius 3 is 2.86 bits per heavy atom. The fraction of sp³-hybridized carbons (Fsp3) is 0.471. The van der Waals surface area contributed by atoms with Crippen molar-refractivity contribution >= 4 is 23.3 Å². The summed E-state index contributed by atoms with van der Waals surface area (Å²) in [6.45, 7) is 12.6. The van der Waals surface area contributed by atoms with Crippen molar-refractivity contribution < 1.29 is 0 Å². The molecule has 22 heavy (non-hydrogen) atoms. The second-order valence-electron chi connectivity index (χ2n) is 5.08. The van der Waals surface area contributed by atoms with E-state index in [2.05, 4.69) is 34.2 Å². The van der Waals surface area contributed by atoms with Crippen LogP contribution in [-0.2, 0) is 0 Å². The molecule has 0 spiro atoms. The van der Waals surface area contributed by atoms with Gasteiger partial charge in [0.2, 0.25) is 0 Å². The van der Waals surface area contributed by atoms with E-state index >= 15 is 0 Å². The Hall–Kier alpha value is -1.55. The number of nitrogens with zero attached hydrogens (tertiary/aromatic N) is 2. The zero-order valence-corrected chi connectivity index (χ0v) is 14.6. The van der Waals surface area contributed by atoms with E-state index in [0.717, 1.165) is 47.0 Å². The highest BCUT2D eigenvalue weighted by atomic mass is 32.2. The molecule has 0 saturated heterocycles. The van der Waals surface area contributed by atoms with Gasteiger partial charge in [-0.05, 0) is 31.4 Å². The van der Waals surface area contributed by atoms with Gasteiger partial charge in [0.15, 0.2) is 0 Å². The van der Waals surface area contributed by atoms with Crippen molar-refractivity contribution in [2.75, 3.05) is 13.6 Å². The SMILES string of the molecule is C=C(NC/C(=N/C(CC)=N\C)C(=C)C)C1=C=CCCC(N)S1. The Morgan fingerprint density at radius 1 is 1.55 bits per heavy atom. The highest BCUT2D eigenvalue weighted by Gasteiger charge is 2.12. The predicted octanol–water partition coefficient (Wildman–Crippen LogP) is 3.40. The molecule has 1 atom stereocenters. The summed E-state index contributed by atoms with van der Waals surface area (Å²) in [5.74, 6) is 0.815. The van der Waals surface area contributed by atoms with Crippen LogP contribution in [0.1, 0.15) is 33.1 Å². The minimum atomic E-state index is 0.0907. The van der Waals surface area contributed by atoms with Crippen LogP contribution < -0.4 is 11.1 Å². The van der Waals surface area contributed by atoms with Crippen LogP contribution >= 0.6 is 11.8 Å². The van der Waals surface area contributed by atoms with E-state index < -0.39 is 0 Å². The average Bonchev–Trinajstić information content (AvgIpc) is 2.71. The first-order chi connectivity index (χ1) is 10.5. The van der Waals surface area contributed by atoms with Gasteiger partial charge in [0.05, 0.1) is 22.5 Å². The van der Waals surface area contributed by atoms with Crippen molar-refractivity contribution in [3.05, 3.63) is 41.1 Å². The Morgan fingerprint density at radius 2 is 2.27 bits per heavy atom. The number of amidine groups is 1. The smallest absolute Gasteiger partial charge is 0.123 e. The molecule has 3 N–H and O–H groups in total. The molecule has 0 bridgehead atoms. The molecule has 0 saturated carbocycles. The first-order valence-corrected chi connectivity index (χ1v) is 8.35. The van der Waals surface area contributed by atoms with Crippen LogP contribution in [0.5, 0.6) is 0 Å². The standard InChI is InChI=1S/C17H26N4S/c1-6-17(19-5)21-14(12(2)3)11-20-13(4)15-9-7-8-10-16(18)22-15/h7,16,20H,2,4,6,8,10-11,18H2,1,3,5H3/b19-17-,21-14-. The van der Waals surface area contributed by atoms with Gasteiger partial charge in [-0.25, -0.2) is 4.99 Å². The summed E-state index contributed by atoms with van der Waals surface area (Å²) in [6.07, 6.45) is 4.73. The number of hydrogen-bond donors (Lipinski definition) is 2. The van der Waals surface area contributed by atoms with Crippen molar-refractivity contribution in [2.24, 2.45) is 15.7 Å². The second kappa shape index (κ2) is 9.46. The summed E-state index contributed by atoms with van der Waals surface area (Å²) in [4.78, 5) is 9.68. The lowest BCUT2D eigenvalue weighted by Gasteiger charge is -2.15. The molecule has 0 aromatic heterocycles. The number of rotatable bonds is 6. The van der Waals surface area contributed by atoms with E-state index in [-0.39, 0.29) is 5.37 Å². The fourth-order valence-electron chi connectivity index (χ4n) is 1.81. The van der Waals surface area contributed by atoms with Gasteiger partial charge in [-0.1, -0.05) is 31.8 Å². The van der Waals surface area contributed by atoms with E-state index in [1.165, 1.54) is 0 Å². The highest BCUT2D eigenvalue weighted by molar-refractivity contribution is 8.03. The first kappa shape index (κ1) is 18.5. The van der Waals surface area contributed by atoms with E-state index in [4.69, 9.17) is 5.73 Å². The first-order valence-electron chi connectivity index (χ1n) is 7.47. The molecule has 0 aromatic carbocycles. The van der Waals surface area contributed by atoms with Crippen LogP contribution in [0.2, 0.25) is 0 Å². The van der Waals surface area contributed by atoms with Gasteiger partial charge < -0.3 is 11.1 Å². The van der Waals surface area contributed by atoms with Gasteiger partial charge in [0.25, 0.3) is 0 Å². The lowest BCUT2D eigenvalue weighted by Crippen LogP contribution is -2.25. The van der Waals surface area contributed by atoms with E-state index in [0.29, 0.717) is 6.54 Å². The minimum Gasteiger partial charge on any atom is -0.378 e. The topological polar surface area (TPSA) is 62.8 Å². The van der Waals surface area contributed by atoms with Gasteiger partial charge in [-0.2, -0.15) is 0 Å². The van der Waals surface area contributed by atoms with Gasteiger partial charge in [-0.3, -0.25) is 4.99 Å². The fourth-order valence-corrected chi connectivity index (χ4v) is 2.74. The minimum absolute atomic E-state index is 0.0907. The van der Waals surface area contributed by atoms with Gasteiger partial charge >= 0.3 is 0 Å². The highest BCUT2D eigenvalue weighted by Crippen LogP contribution is 2.27. The predicted molar refractivity (Wildman–Crippen MR) is 99.4 cm³/mol. The number of hydrogen-bond acceptors (Lipinski definition) is 4. The molecular weight excluding hydrogens is 292 g/mol. The van der Waals surface area contributed by atoms with E-state index in [1.54, 1.807) is 18.8 Å². The second-order valence-corrected chi connectivity index (χ2v) is 6.33. The lowest BCUT2D eigenvalue weighted by atomic mass is 10.2. The molecular formula is C17H26N4S. The van der Waals surface area contributed by atoms with Crippen molar-refractivity contribution in [1.29, 1.82) is 0 Å². The lowest BCUT2D eigenvalue weighted by molar-refractivity contribution is 0.809. The summed E-state index contributed by atoms with van der Waals surface area (Å²) in [5.41, 5.74) is 11.9. The Balaban J connectivity index is 2.75. The molecule has 5 heteroatoms. The Labute approximate surface area is 138 Å². The normalized spacial score (nSPS) is 19.5. The van der Waals surface area contributed by atoms with Gasteiger partial charge in [0.1, 0.15) is 5.84 Å². The molecule has 0 aromatic rings. The zero-order chi connectivity index (χ0) is 16.5. The average molecular weight is 318 g/mol. The Kier molecular flexibility index (Phi) is 7.96. The van der Waals surface area contributed by atoms with Crippen molar-refractivity contribution in [2.45, 2.75) is 38.5 Å². The van der Waals surface area contributed by atoms with Crippen molar-refractivity contribution in [1.82, 2.24) is 5.32 Å². The van der Waals surface area contributed by atoms with Crippen LogP contribution in [0.25, 0.3) is 0 Å². The maximum Gasteiger partial charge on any atom is 0.123 e. The summed E-state index contributed by atoms with van der Waals surface area (Å²) in [5, 5.41) is 3.39. The third kappa shape index (κ3) is 6.06. The van der Waals surface area contributed by atoms with Crippen LogP contribution in [-0.4, -0.2) is 30.5 Å². The number of aliphatic imine (C=N–C) groups is 2. The Bertz CT molecular complexity index is 551. The third-order valence-corrected chi connectivity index (χ3v) is 4.31. The summed E-state index contributed by atoms with van der Waals surface area (Å²) < 4.78 is 0. The maximum absolute atomic E-state index is 6.03. The molecule has 1 heterocycles. The van der Waals surface area contributed by atoms with Gasteiger partial charge in [-0.15, -0.1) is 5.73 Å². The molecule has 0 amide bonds. The number of nitrogens with one attached hydrogen (secondary N) is 1. The molecule has 4 nitrogen and oxygen atoms in total. The van der Waals surface area contributed by atoms with Crippen molar-refractivity contribution in [3.63, 3.8) is 0 Å². The largest absolute Gasteiger partial charge is 0.378 e. The third-order valence-electron chi connectivity index (χ3n) is 3.17. The van der Waals surface area contributed by atoms with E-state index in [9.17, 15) is 0 Å². The summed E-state index contributed by atoms with van der Waals surface area (Å²) in [6, 6.07) is 0. The number of nitrogens with two attached hydrogens (primary N) is 1. The van der Waals surface area contributed by atoms with Gasteiger partial charge in [0, 0.05) is 19.2 Å². The maximum atomic E-state index is 6.03. The van der Waals surface area contributed by atoms with Crippen LogP contribution in [0.3, 0.4) is 0 Å². The van der Waals surface area contributed by atoms with Crippen molar-refractivity contribution in [3.8, 4) is 0 Å². The molecule has 0 radical (unpaired) electrons. The van der Waals surface area contributed by atoms with Crippen LogP contribution in [0.4, 0.5) is 0 Å². The quantitative estimate of drug-likeness (QED) is 0.448. The molecule has 1 rings (SSSR count). The molecule has 1 aliphatic heterocycles. The van der Waals surface area contributed by atoms with Crippen LogP contribution in [0, 0.1) is 0 Å². The summed E-state index contributed by atoms with van der Waals surface area (Å²) >= 11 is 1.60. The van der Waals surface area contributed by atoms with Crippen LogP contribution in [0.15, 0.2) is 51.1 Å². The molecule has 0 aliphatic carbocycles.